The van der Waals surface area contributed by atoms with Crippen LogP contribution in [0, 0.1) is 0 Å². The van der Waals surface area contributed by atoms with Crippen molar-refractivity contribution in [1.82, 2.24) is 0 Å². The number of hydrogen-bond acceptors (Lipinski definition) is 2. The lowest BCUT2D eigenvalue weighted by atomic mass is 10.3. The Morgan fingerprint density at radius 2 is 2.22 bits per heavy atom. The van der Waals surface area contributed by atoms with E-state index in [2.05, 4.69) is 22.8 Å². The van der Waals surface area contributed by atoms with E-state index in [1.54, 1.807) is 0 Å². The molecule has 0 bridgehead atoms. The number of benzene rings is 1. The fourth-order valence-electron chi connectivity index (χ4n) is 0.757. The monoisotopic (exact) mass is 150 g/mol. The predicted molar refractivity (Wildman–Crippen MR) is 40.1 cm³/mol. The molecule has 0 saturated heterocycles. The highest BCUT2D eigenvalue weighted by Crippen LogP contribution is 2.32. The maximum absolute atomic E-state index is 4.29. The van der Waals surface area contributed by atoms with Gasteiger partial charge in [-0.1, -0.05) is 12.1 Å². The first-order valence-corrected chi connectivity index (χ1v) is 5.17. The van der Waals surface area contributed by atoms with Gasteiger partial charge in [0.15, 0.2) is 0 Å². The van der Waals surface area contributed by atoms with Gasteiger partial charge in [-0.05, 0) is 12.1 Å². The minimum atomic E-state index is 0.688. The Kier molecular flexibility index (Phi) is 1.24. The average Bonchev–Trinajstić information content (AvgIpc) is 2.33. The third-order valence-corrected chi connectivity index (χ3v) is 3.38. The summed E-state index contributed by atoms with van der Waals surface area (Å²) in [4.78, 5) is 1.33. The largest absolute Gasteiger partial charge is 0.285 e. The van der Waals surface area contributed by atoms with Crippen LogP contribution in [0.3, 0.4) is 0 Å². The van der Waals surface area contributed by atoms with Gasteiger partial charge in [0.05, 0.1) is 5.69 Å². The molecule has 0 atom stereocenters. The van der Waals surface area contributed by atoms with E-state index in [-0.39, 0.29) is 0 Å². The minimum absolute atomic E-state index is 0.688. The van der Waals surface area contributed by atoms with E-state index in [0.29, 0.717) is 8.46 Å². The Bertz CT molecular complexity index is 259. The van der Waals surface area contributed by atoms with Gasteiger partial charge in [0.1, 0.15) is 0 Å². The summed E-state index contributed by atoms with van der Waals surface area (Å²) in [6.07, 6.45) is 0. The van der Waals surface area contributed by atoms with Crippen molar-refractivity contribution in [3.63, 3.8) is 0 Å². The Morgan fingerprint density at radius 1 is 1.33 bits per heavy atom. The Labute approximate surface area is 59.7 Å². The molecule has 3 heteroatoms. The molecule has 1 aliphatic heterocycles. The van der Waals surface area contributed by atoms with Crippen molar-refractivity contribution >= 4 is 25.4 Å². The van der Waals surface area contributed by atoms with E-state index in [4.69, 9.17) is 0 Å². The van der Waals surface area contributed by atoms with Crippen molar-refractivity contribution in [3.05, 3.63) is 24.3 Å². The number of rotatable bonds is 0. The van der Waals surface area contributed by atoms with Crippen LogP contribution in [0.25, 0.3) is 0 Å². The molecular weight excluding hydrogens is 146 g/mol. The van der Waals surface area contributed by atoms with Gasteiger partial charge in [-0.3, -0.25) is 4.63 Å². The van der Waals surface area contributed by atoms with Crippen LogP contribution in [-0.4, -0.2) is 8.46 Å². The topological polar surface area (TPSA) is 12.4 Å². The van der Waals surface area contributed by atoms with Gasteiger partial charge >= 0.3 is 0 Å². The highest BCUT2D eigenvalue weighted by molar-refractivity contribution is 8.21. The van der Waals surface area contributed by atoms with Crippen LogP contribution >= 0.6 is 11.2 Å². The van der Waals surface area contributed by atoms with Crippen LogP contribution in [0.5, 0.6) is 0 Å². The molecule has 2 rings (SSSR count). The van der Waals surface area contributed by atoms with Gasteiger partial charge in [0.25, 0.3) is 0 Å². The molecule has 1 heterocycles. The molecule has 1 radical (unpaired) electrons. The number of fused-ring (bicyclic) bond motifs is 1. The molecule has 0 aliphatic carbocycles. The Morgan fingerprint density at radius 3 is 3.11 bits per heavy atom. The Hall–Kier alpha value is -0.413. The SMILES string of the molecule is c1ccc2c(c1)N=[Si]S2. The summed E-state index contributed by atoms with van der Waals surface area (Å²) in [5.74, 6) is 0. The van der Waals surface area contributed by atoms with Crippen molar-refractivity contribution in [2.24, 2.45) is 4.63 Å². The van der Waals surface area contributed by atoms with Crippen molar-refractivity contribution in [2.45, 2.75) is 4.90 Å². The maximum Gasteiger partial charge on any atom is 0.241 e. The zero-order valence-corrected chi connectivity index (χ0v) is 6.48. The van der Waals surface area contributed by atoms with Gasteiger partial charge in [-0.15, -0.1) is 11.2 Å². The van der Waals surface area contributed by atoms with Crippen LogP contribution in [0.1, 0.15) is 0 Å². The van der Waals surface area contributed by atoms with Crippen molar-refractivity contribution in [3.8, 4) is 0 Å². The van der Waals surface area contributed by atoms with E-state index in [1.165, 1.54) is 10.6 Å². The fraction of sp³-hybridized carbons (Fsp3) is 0. The van der Waals surface area contributed by atoms with E-state index in [0.717, 1.165) is 0 Å². The molecular formula is C6H4NSSi. The summed E-state index contributed by atoms with van der Waals surface area (Å²) in [6, 6.07) is 8.25. The molecule has 43 valence electrons. The smallest absolute Gasteiger partial charge is 0.241 e. The molecule has 0 saturated carbocycles. The third kappa shape index (κ3) is 0.861. The molecule has 9 heavy (non-hydrogen) atoms. The van der Waals surface area contributed by atoms with E-state index in [9.17, 15) is 0 Å². The average molecular weight is 150 g/mol. The van der Waals surface area contributed by atoms with E-state index in [1.807, 2.05) is 17.3 Å². The highest BCUT2D eigenvalue weighted by Gasteiger charge is 2.03. The van der Waals surface area contributed by atoms with Crippen LogP contribution in [-0.2, 0) is 0 Å². The molecule has 0 fully saturated rings. The fourth-order valence-corrected chi connectivity index (χ4v) is 2.89. The minimum Gasteiger partial charge on any atom is -0.285 e. The molecule has 0 amide bonds. The van der Waals surface area contributed by atoms with E-state index < -0.39 is 0 Å². The molecule has 1 aromatic rings. The predicted octanol–water partition coefficient (Wildman–Crippen LogP) is 2.23. The molecule has 0 unspecified atom stereocenters. The molecule has 1 nitrogen and oxygen atoms in total. The molecule has 1 aliphatic rings. The molecule has 0 N–H and O–H groups in total. The lowest BCUT2D eigenvalue weighted by Crippen LogP contribution is -1.62. The lowest BCUT2D eigenvalue weighted by Gasteiger charge is -1.91. The zero-order chi connectivity index (χ0) is 6.10. The molecule has 0 spiro atoms. The van der Waals surface area contributed by atoms with Crippen molar-refractivity contribution in [1.29, 1.82) is 0 Å². The summed E-state index contributed by atoms with van der Waals surface area (Å²) in [6.45, 7) is 0. The molecule has 1 aromatic carbocycles. The first-order valence-electron chi connectivity index (χ1n) is 2.68. The Balaban J connectivity index is 2.63. The summed E-state index contributed by atoms with van der Waals surface area (Å²) < 4.78 is 4.29. The van der Waals surface area contributed by atoms with Gasteiger partial charge in [0, 0.05) is 4.90 Å². The number of hydrogen-bond donors (Lipinski definition) is 0. The number of nitrogens with zero attached hydrogens (tertiary/aromatic N) is 1. The second-order valence-corrected chi connectivity index (χ2v) is 3.98. The van der Waals surface area contributed by atoms with Crippen LogP contribution in [0.15, 0.2) is 33.8 Å². The van der Waals surface area contributed by atoms with E-state index >= 15 is 0 Å². The quantitative estimate of drug-likeness (QED) is 0.517. The van der Waals surface area contributed by atoms with Gasteiger partial charge < -0.3 is 0 Å². The second kappa shape index (κ2) is 2.08. The summed E-state index contributed by atoms with van der Waals surface area (Å²) in [7, 11) is 0.688. The van der Waals surface area contributed by atoms with Gasteiger partial charge in [0.2, 0.25) is 8.46 Å². The van der Waals surface area contributed by atoms with Crippen LogP contribution in [0.2, 0.25) is 0 Å². The summed E-state index contributed by atoms with van der Waals surface area (Å²) >= 11 is 1.83. The normalized spacial score (nSPS) is 13.8. The van der Waals surface area contributed by atoms with Gasteiger partial charge in [-0.25, -0.2) is 0 Å². The summed E-state index contributed by atoms with van der Waals surface area (Å²) in [5, 5.41) is 0. The first-order chi connectivity index (χ1) is 4.47. The third-order valence-electron chi connectivity index (χ3n) is 1.19. The van der Waals surface area contributed by atoms with Gasteiger partial charge in [-0.2, -0.15) is 0 Å². The van der Waals surface area contributed by atoms with Crippen LogP contribution < -0.4 is 0 Å². The second-order valence-electron chi connectivity index (χ2n) is 1.77. The standard InChI is InChI=1S/C6H4NSSi/c1-2-4-6-5(3-1)7-9-8-6/h1-4H. The maximum atomic E-state index is 4.29. The van der Waals surface area contributed by atoms with Crippen molar-refractivity contribution in [2.75, 3.05) is 0 Å². The van der Waals surface area contributed by atoms with Crippen LogP contribution in [0.4, 0.5) is 5.69 Å². The zero-order valence-electron chi connectivity index (χ0n) is 4.66. The summed E-state index contributed by atoms with van der Waals surface area (Å²) in [5.41, 5.74) is 1.17. The lowest BCUT2D eigenvalue weighted by molar-refractivity contribution is 1.42. The first kappa shape index (κ1) is 5.38. The van der Waals surface area contributed by atoms with Crippen molar-refractivity contribution < 1.29 is 0 Å². The highest BCUT2D eigenvalue weighted by atomic mass is 32.4. The molecule has 0 aromatic heterocycles.